The summed E-state index contributed by atoms with van der Waals surface area (Å²) >= 11 is 0. The predicted molar refractivity (Wildman–Crippen MR) is 117 cm³/mol. The number of nitrogens with zero attached hydrogens (tertiary/aromatic N) is 3. The van der Waals surface area contributed by atoms with Crippen LogP contribution in [0.25, 0.3) is 22.3 Å². The smallest absolute Gasteiger partial charge is 0.204 e. The first kappa shape index (κ1) is 18.1. The van der Waals surface area contributed by atoms with E-state index >= 15 is 0 Å². The minimum absolute atomic E-state index is 0.203. The molecular formula is C23H21FN6O. The summed E-state index contributed by atoms with van der Waals surface area (Å²) in [6, 6.07) is 10.0. The van der Waals surface area contributed by atoms with E-state index in [2.05, 4.69) is 49.9 Å². The van der Waals surface area contributed by atoms with Crippen molar-refractivity contribution in [1.29, 1.82) is 0 Å². The standard InChI is InChI=1S/C23H21FN6O/c24-14-9-13(11-25-12-14)21-29-22-20(31-8-7-26-22)23(30-21)27-15-5-6-19-17(10-15)16-3-1-2-4-18(16)28-19/h1-4,9,11-12,15,28H,5-8,10H2,(H2,26,27,29,30)/t15-/m1/s1. The molecule has 3 N–H and O–H groups in total. The monoisotopic (exact) mass is 416 g/mol. The molecule has 2 aliphatic rings. The summed E-state index contributed by atoms with van der Waals surface area (Å²) in [5, 5.41) is 8.13. The molecule has 4 aromatic rings. The van der Waals surface area contributed by atoms with Gasteiger partial charge in [0.05, 0.1) is 12.7 Å². The minimum atomic E-state index is -0.420. The summed E-state index contributed by atoms with van der Waals surface area (Å²) in [5.41, 5.74) is 4.38. The molecule has 0 unspecified atom stereocenters. The Hall–Kier alpha value is -3.68. The average Bonchev–Trinajstić information content (AvgIpc) is 3.17. The molecule has 7 nitrogen and oxygen atoms in total. The van der Waals surface area contributed by atoms with E-state index in [0.29, 0.717) is 41.9 Å². The lowest BCUT2D eigenvalue weighted by atomic mass is 9.91. The van der Waals surface area contributed by atoms with Gasteiger partial charge in [0.1, 0.15) is 12.4 Å². The van der Waals surface area contributed by atoms with Gasteiger partial charge in [0.25, 0.3) is 0 Å². The Kier molecular flexibility index (Phi) is 4.22. The fraction of sp³-hybridized carbons (Fsp3) is 0.261. The van der Waals surface area contributed by atoms with Crippen molar-refractivity contribution >= 4 is 22.5 Å². The molecule has 0 bridgehead atoms. The maximum Gasteiger partial charge on any atom is 0.204 e. The maximum absolute atomic E-state index is 13.7. The number of aromatic amines is 1. The second-order valence-electron chi connectivity index (χ2n) is 7.95. The quantitative estimate of drug-likeness (QED) is 0.469. The van der Waals surface area contributed by atoms with Gasteiger partial charge in [-0.2, -0.15) is 0 Å². The van der Waals surface area contributed by atoms with E-state index in [1.54, 1.807) is 6.20 Å². The Labute approximate surface area is 178 Å². The fourth-order valence-electron chi connectivity index (χ4n) is 4.48. The number of ether oxygens (including phenoxy) is 1. The minimum Gasteiger partial charge on any atom is -0.485 e. The van der Waals surface area contributed by atoms with Crippen LogP contribution in [0.2, 0.25) is 0 Å². The predicted octanol–water partition coefficient (Wildman–Crippen LogP) is 3.93. The molecule has 0 radical (unpaired) electrons. The number of pyridine rings is 1. The third-order valence-electron chi connectivity index (χ3n) is 5.91. The highest BCUT2D eigenvalue weighted by atomic mass is 19.1. The van der Waals surface area contributed by atoms with E-state index in [0.717, 1.165) is 19.3 Å². The number of H-pyrrole nitrogens is 1. The summed E-state index contributed by atoms with van der Waals surface area (Å²) in [7, 11) is 0. The van der Waals surface area contributed by atoms with E-state index in [-0.39, 0.29) is 6.04 Å². The van der Waals surface area contributed by atoms with Gasteiger partial charge >= 0.3 is 0 Å². The summed E-state index contributed by atoms with van der Waals surface area (Å²) in [4.78, 5) is 16.7. The first-order valence-electron chi connectivity index (χ1n) is 10.5. The van der Waals surface area contributed by atoms with Crippen LogP contribution in [0.5, 0.6) is 5.75 Å². The molecule has 0 amide bonds. The SMILES string of the molecule is Fc1cncc(-c2nc3c(c(N[C@@H]4CCc5[nH]c6ccccc6c5C4)n2)OCCN3)c1. The zero-order valence-electron chi connectivity index (χ0n) is 16.8. The van der Waals surface area contributed by atoms with E-state index in [1.807, 2.05) is 0 Å². The Morgan fingerprint density at radius 2 is 2.10 bits per heavy atom. The fourth-order valence-corrected chi connectivity index (χ4v) is 4.48. The van der Waals surface area contributed by atoms with Crippen molar-refractivity contribution in [2.45, 2.75) is 25.3 Å². The van der Waals surface area contributed by atoms with E-state index in [4.69, 9.17) is 9.72 Å². The van der Waals surface area contributed by atoms with Crippen molar-refractivity contribution < 1.29 is 9.13 Å². The van der Waals surface area contributed by atoms with Gasteiger partial charge in [-0.05, 0) is 37.0 Å². The Balaban J connectivity index is 1.36. The van der Waals surface area contributed by atoms with Gasteiger partial charge in [-0.15, -0.1) is 0 Å². The molecule has 6 rings (SSSR count). The number of benzene rings is 1. The summed E-state index contributed by atoms with van der Waals surface area (Å²) in [6.45, 7) is 1.20. The van der Waals surface area contributed by atoms with Gasteiger partial charge in [0.2, 0.25) is 5.75 Å². The zero-order chi connectivity index (χ0) is 20.8. The highest BCUT2D eigenvalue weighted by Gasteiger charge is 2.26. The largest absolute Gasteiger partial charge is 0.485 e. The Morgan fingerprint density at radius 3 is 3.03 bits per heavy atom. The first-order valence-corrected chi connectivity index (χ1v) is 10.5. The molecule has 1 atom stereocenters. The van der Waals surface area contributed by atoms with Crippen LogP contribution in [-0.2, 0) is 12.8 Å². The van der Waals surface area contributed by atoms with Crippen molar-refractivity contribution in [1.82, 2.24) is 19.9 Å². The molecule has 1 aliphatic carbocycles. The molecule has 0 spiro atoms. The van der Waals surface area contributed by atoms with Gasteiger partial charge in [-0.1, -0.05) is 18.2 Å². The Morgan fingerprint density at radius 1 is 1.16 bits per heavy atom. The molecule has 8 heteroatoms. The van der Waals surface area contributed by atoms with E-state index in [9.17, 15) is 4.39 Å². The summed E-state index contributed by atoms with van der Waals surface area (Å²) < 4.78 is 19.6. The normalized spacial score (nSPS) is 17.4. The molecule has 3 aromatic heterocycles. The van der Waals surface area contributed by atoms with Crippen molar-refractivity contribution in [3.8, 4) is 17.1 Å². The number of fused-ring (bicyclic) bond motifs is 4. The molecular weight excluding hydrogens is 395 g/mol. The molecule has 1 aliphatic heterocycles. The second-order valence-corrected chi connectivity index (χ2v) is 7.95. The third-order valence-corrected chi connectivity index (χ3v) is 5.91. The maximum atomic E-state index is 13.7. The lowest BCUT2D eigenvalue weighted by Gasteiger charge is -2.27. The van der Waals surface area contributed by atoms with Crippen molar-refractivity contribution in [3.63, 3.8) is 0 Å². The number of hydrogen-bond donors (Lipinski definition) is 3. The van der Waals surface area contributed by atoms with Crippen LogP contribution < -0.4 is 15.4 Å². The number of anilines is 2. The molecule has 0 fully saturated rings. The van der Waals surface area contributed by atoms with Crippen LogP contribution in [0.1, 0.15) is 17.7 Å². The third kappa shape index (κ3) is 3.24. The average molecular weight is 416 g/mol. The van der Waals surface area contributed by atoms with Crippen molar-refractivity contribution in [2.75, 3.05) is 23.8 Å². The van der Waals surface area contributed by atoms with Crippen LogP contribution >= 0.6 is 0 Å². The molecule has 31 heavy (non-hydrogen) atoms. The number of aromatic nitrogens is 4. The zero-order valence-corrected chi connectivity index (χ0v) is 16.8. The number of para-hydroxylation sites is 1. The summed E-state index contributed by atoms with van der Waals surface area (Å²) in [5.74, 6) is 1.85. The van der Waals surface area contributed by atoms with Crippen molar-refractivity contribution in [2.24, 2.45) is 0 Å². The van der Waals surface area contributed by atoms with Crippen LogP contribution in [0.3, 0.4) is 0 Å². The highest BCUT2D eigenvalue weighted by molar-refractivity contribution is 5.85. The second kappa shape index (κ2) is 7.23. The van der Waals surface area contributed by atoms with Crippen LogP contribution in [-0.4, -0.2) is 39.1 Å². The molecule has 1 aromatic carbocycles. The van der Waals surface area contributed by atoms with Gasteiger partial charge < -0.3 is 20.4 Å². The van der Waals surface area contributed by atoms with Crippen LogP contribution in [0.4, 0.5) is 16.0 Å². The number of aryl methyl sites for hydroxylation is 1. The van der Waals surface area contributed by atoms with Gasteiger partial charge in [0.15, 0.2) is 17.5 Å². The lowest BCUT2D eigenvalue weighted by molar-refractivity contribution is 0.321. The Bertz CT molecular complexity index is 1290. The van der Waals surface area contributed by atoms with Crippen molar-refractivity contribution in [3.05, 3.63) is 59.8 Å². The lowest BCUT2D eigenvalue weighted by Crippen LogP contribution is -2.29. The van der Waals surface area contributed by atoms with Crippen LogP contribution in [0, 0.1) is 5.82 Å². The van der Waals surface area contributed by atoms with E-state index < -0.39 is 5.82 Å². The highest BCUT2D eigenvalue weighted by Crippen LogP contribution is 2.37. The van der Waals surface area contributed by atoms with Gasteiger partial charge in [0, 0.05) is 34.4 Å². The first-order chi connectivity index (χ1) is 15.2. The van der Waals surface area contributed by atoms with E-state index in [1.165, 1.54) is 34.4 Å². The van der Waals surface area contributed by atoms with Crippen LogP contribution in [0.15, 0.2) is 42.7 Å². The number of hydrogen-bond acceptors (Lipinski definition) is 6. The molecule has 156 valence electrons. The number of rotatable bonds is 3. The molecule has 4 heterocycles. The molecule has 0 saturated carbocycles. The van der Waals surface area contributed by atoms with Gasteiger partial charge in [-0.25, -0.2) is 14.4 Å². The number of halogens is 1. The molecule has 0 saturated heterocycles. The summed E-state index contributed by atoms with van der Waals surface area (Å²) in [6.07, 6.45) is 5.57. The van der Waals surface area contributed by atoms with Gasteiger partial charge in [-0.3, -0.25) is 4.98 Å². The topological polar surface area (TPSA) is 87.8 Å². The number of nitrogens with one attached hydrogen (secondary N) is 3.